The van der Waals surface area contributed by atoms with Crippen LogP contribution in [0.2, 0.25) is 0 Å². The van der Waals surface area contributed by atoms with Crippen LogP contribution in [-0.4, -0.2) is 37.2 Å². The van der Waals surface area contributed by atoms with Gasteiger partial charge in [-0.15, -0.1) is 0 Å². The summed E-state index contributed by atoms with van der Waals surface area (Å²) < 4.78 is 16.7. The molecule has 0 heterocycles. The molecular formula is C57H90O6. The number of rotatable bonds is 43. The fourth-order valence-corrected chi connectivity index (χ4v) is 6.48. The van der Waals surface area contributed by atoms with E-state index in [2.05, 4.69) is 69.4 Å². The molecule has 0 aliphatic rings. The van der Waals surface area contributed by atoms with Crippen LogP contribution in [0, 0.1) is 0 Å². The minimum Gasteiger partial charge on any atom is -0.462 e. The number of hydrogen-bond donors (Lipinski definition) is 0. The van der Waals surface area contributed by atoms with Gasteiger partial charge in [0, 0.05) is 19.3 Å². The van der Waals surface area contributed by atoms with E-state index >= 15 is 0 Å². The van der Waals surface area contributed by atoms with Gasteiger partial charge in [0.2, 0.25) is 0 Å². The van der Waals surface area contributed by atoms with Crippen molar-refractivity contribution in [2.45, 2.75) is 207 Å². The zero-order chi connectivity index (χ0) is 45.8. The van der Waals surface area contributed by atoms with E-state index in [1.807, 2.05) is 72.9 Å². The molecule has 63 heavy (non-hydrogen) atoms. The zero-order valence-electron chi connectivity index (χ0n) is 40.3. The Bertz CT molecular complexity index is 1370. The Labute approximate surface area is 386 Å². The van der Waals surface area contributed by atoms with Gasteiger partial charge in [0.1, 0.15) is 13.2 Å². The second-order valence-corrected chi connectivity index (χ2v) is 16.2. The third-order valence-electron chi connectivity index (χ3n) is 10.2. The molecule has 0 amide bonds. The Morgan fingerprint density at radius 2 is 0.619 bits per heavy atom. The number of carbonyl (C=O) groups excluding carboxylic acids is 3. The maximum absolute atomic E-state index is 12.8. The molecule has 354 valence electrons. The molecule has 0 spiro atoms. The number of allylic oxidation sites excluding steroid dienone is 20. The van der Waals surface area contributed by atoms with Crippen LogP contribution in [0.1, 0.15) is 201 Å². The molecule has 1 unspecified atom stereocenters. The molecular weight excluding hydrogens is 781 g/mol. The zero-order valence-corrected chi connectivity index (χ0v) is 40.3. The minimum absolute atomic E-state index is 0.100. The maximum atomic E-state index is 12.8. The van der Waals surface area contributed by atoms with Crippen molar-refractivity contribution in [2.75, 3.05) is 13.2 Å². The summed E-state index contributed by atoms with van der Waals surface area (Å²) in [6.45, 7) is 6.29. The van der Waals surface area contributed by atoms with Gasteiger partial charge < -0.3 is 14.2 Å². The monoisotopic (exact) mass is 871 g/mol. The summed E-state index contributed by atoms with van der Waals surface area (Å²) in [5.41, 5.74) is 0. The summed E-state index contributed by atoms with van der Waals surface area (Å²) in [7, 11) is 0. The van der Waals surface area contributed by atoms with E-state index in [4.69, 9.17) is 14.2 Å². The highest BCUT2D eigenvalue weighted by Gasteiger charge is 2.19. The SMILES string of the molecule is CC\C=C/C=C\C=C/C=C\C=C\C=C/C=C\CCCCCC(=O)OCC(COC(=O)CCCCCCCCCCCCC)OC(=O)CCCCCCCCC\C=C/C=C\C=C/CC. The summed E-state index contributed by atoms with van der Waals surface area (Å²) in [6.07, 6.45) is 68.9. The van der Waals surface area contributed by atoms with Crippen LogP contribution < -0.4 is 0 Å². The van der Waals surface area contributed by atoms with Crippen LogP contribution in [0.4, 0.5) is 0 Å². The molecule has 0 aromatic carbocycles. The summed E-state index contributed by atoms with van der Waals surface area (Å²) in [5.74, 6) is -0.967. The predicted octanol–water partition coefficient (Wildman–Crippen LogP) is 16.5. The van der Waals surface area contributed by atoms with Crippen molar-refractivity contribution >= 4 is 17.9 Å². The normalized spacial score (nSPS) is 13.1. The molecule has 0 rings (SSSR count). The number of unbranched alkanes of at least 4 members (excludes halogenated alkanes) is 20. The van der Waals surface area contributed by atoms with Gasteiger partial charge in [0.25, 0.3) is 0 Å². The lowest BCUT2D eigenvalue weighted by atomic mass is 10.1. The largest absolute Gasteiger partial charge is 0.462 e. The molecule has 0 aliphatic heterocycles. The molecule has 0 bridgehead atoms. The molecule has 0 aromatic heterocycles. The van der Waals surface area contributed by atoms with E-state index in [1.54, 1.807) is 0 Å². The molecule has 0 aromatic rings. The fraction of sp³-hybridized carbons (Fsp3) is 0.596. The van der Waals surface area contributed by atoms with Crippen molar-refractivity contribution in [1.82, 2.24) is 0 Å². The lowest BCUT2D eigenvalue weighted by molar-refractivity contribution is -0.167. The lowest BCUT2D eigenvalue weighted by Gasteiger charge is -2.18. The summed E-state index contributed by atoms with van der Waals surface area (Å²) in [6, 6.07) is 0. The molecule has 0 saturated carbocycles. The van der Waals surface area contributed by atoms with E-state index in [1.165, 1.54) is 70.6 Å². The van der Waals surface area contributed by atoms with E-state index in [0.29, 0.717) is 19.3 Å². The van der Waals surface area contributed by atoms with E-state index in [9.17, 15) is 14.4 Å². The second kappa shape index (κ2) is 50.5. The Balaban J connectivity index is 4.52. The molecule has 6 heteroatoms. The van der Waals surface area contributed by atoms with Gasteiger partial charge in [-0.3, -0.25) is 14.4 Å². The van der Waals surface area contributed by atoms with Crippen LogP contribution in [0.25, 0.3) is 0 Å². The van der Waals surface area contributed by atoms with Crippen molar-refractivity contribution in [3.63, 3.8) is 0 Å². The van der Waals surface area contributed by atoms with Crippen LogP contribution in [0.15, 0.2) is 122 Å². The molecule has 1 atom stereocenters. The highest BCUT2D eigenvalue weighted by Crippen LogP contribution is 2.14. The Hall–Kier alpha value is -4.19. The highest BCUT2D eigenvalue weighted by molar-refractivity contribution is 5.71. The Kier molecular flexibility index (Phi) is 47.1. The molecule has 0 N–H and O–H groups in total. The quantitative estimate of drug-likeness (QED) is 0.0263. The first-order valence-corrected chi connectivity index (χ1v) is 25.2. The molecule has 0 fully saturated rings. The van der Waals surface area contributed by atoms with E-state index < -0.39 is 6.10 Å². The van der Waals surface area contributed by atoms with Gasteiger partial charge in [0.05, 0.1) is 0 Å². The van der Waals surface area contributed by atoms with Gasteiger partial charge in [-0.05, 0) is 57.8 Å². The molecule has 0 saturated heterocycles. The molecule has 0 aliphatic carbocycles. The summed E-state index contributed by atoms with van der Waals surface area (Å²) >= 11 is 0. The van der Waals surface area contributed by atoms with Crippen LogP contribution in [-0.2, 0) is 28.6 Å². The van der Waals surface area contributed by atoms with Crippen molar-refractivity contribution in [1.29, 1.82) is 0 Å². The third-order valence-corrected chi connectivity index (χ3v) is 10.2. The second-order valence-electron chi connectivity index (χ2n) is 16.2. The standard InChI is InChI=1S/C57H90O6/c1-4-7-10-13-16-19-22-24-26-27-28-29-31-32-35-38-41-44-47-50-56(59)62-53-54(52-61-55(58)49-46-43-40-37-34-21-18-15-12-9-6-3)63-57(60)51-48-45-42-39-36-33-30-25-23-20-17-14-11-8-5-2/h7-8,10-11,13-14,16-17,19-20,22-24,26-29,31-32,35,54H,4-6,9,12,15,18,21,25,30,33-34,36-53H2,1-3H3/b10-7-,11-8-,16-13-,17-14-,22-19-,23-20-,26-24-,28-27+,31-29-,35-32-. The van der Waals surface area contributed by atoms with Crippen LogP contribution in [0.3, 0.4) is 0 Å². The highest BCUT2D eigenvalue weighted by atomic mass is 16.6. The van der Waals surface area contributed by atoms with Crippen molar-refractivity contribution in [2.24, 2.45) is 0 Å². The average molecular weight is 871 g/mol. The summed E-state index contributed by atoms with van der Waals surface area (Å²) in [4.78, 5) is 37.9. The first-order valence-electron chi connectivity index (χ1n) is 25.2. The van der Waals surface area contributed by atoms with Gasteiger partial charge in [-0.2, -0.15) is 0 Å². The van der Waals surface area contributed by atoms with Crippen molar-refractivity contribution in [3.05, 3.63) is 122 Å². The lowest BCUT2D eigenvalue weighted by Crippen LogP contribution is -2.30. The van der Waals surface area contributed by atoms with E-state index in [0.717, 1.165) is 89.9 Å². The topological polar surface area (TPSA) is 78.9 Å². The third kappa shape index (κ3) is 48.7. The number of hydrogen-bond acceptors (Lipinski definition) is 6. The van der Waals surface area contributed by atoms with Gasteiger partial charge in [-0.25, -0.2) is 0 Å². The minimum atomic E-state index is -0.804. The first-order chi connectivity index (χ1) is 31.0. The van der Waals surface area contributed by atoms with E-state index in [-0.39, 0.29) is 31.1 Å². The van der Waals surface area contributed by atoms with Gasteiger partial charge in [-0.1, -0.05) is 245 Å². The molecule has 0 radical (unpaired) electrons. The van der Waals surface area contributed by atoms with Crippen LogP contribution >= 0.6 is 0 Å². The van der Waals surface area contributed by atoms with Gasteiger partial charge in [0.15, 0.2) is 6.10 Å². The average Bonchev–Trinajstić information content (AvgIpc) is 3.28. The Morgan fingerprint density at radius 1 is 0.333 bits per heavy atom. The van der Waals surface area contributed by atoms with Crippen LogP contribution in [0.5, 0.6) is 0 Å². The van der Waals surface area contributed by atoms with Crippen molar-refractivity contribution in [3.8, 4) is 0 Å². The number of esters is 3. The summed E-state index contributed by atoms with van der Waals surface area (Å²) in [5, 5.41) is 0. The smallest absolute Gasteiger partial charge is 0.306 e. The maximum Gasteiger partial charge on any atom is 0.306 e. The van der Waals surface area contributed by atoms with Crippen molar-refractivity contribution < 1.29 is 28.6 Å². The van der Waals surface area contributed by atoms with Gasteiger partial charge >= 0.3 is 17.9 Å². The number of carbonyl (C=O) groups is 3. The molecule has 6 nitrogen and oxygen atoms in total. The number of ether oxygens (including phenoxy) is 3. The predicted molar refractivity (Wildman–Crippen MR) is 269 cm³/mol. The fourth-order valence-electron chi connectivity index (χ4n) is 6.48. The Morgan fingerprint density at radius 3 is 0.984 bits per heavy atom. The first kappa shape index (κ1) is 58.8.